The first-order valence-corrected chi connectivity index (χ1v) is 12.1. The van der Waals surface area contributed by atoms with E-state index in [9.17, 15) is 25.5 Å². The van der Waals surface area contributed by atoms with Gasteiger partial charge in [-0.2, -0.15) is 0 Å². The predicted molar refractivity (Wildman–Crippen MR) is 114 cm³/mol. The summed E-state index contributed by atoms with van der Waals surface area (Å²) in [5.41, 5.74) is -1.29. The van der Waals surface area contributed by atoms with Crippen LogP contribution in [0.1, 0.15) is 53.4 Å². The van der Waals surface area contributed by atoms with Crippen molar-refractivity contribution in [3.05, 3.63) is 22.8 Å². The molecule has 2 bridgehead atoms. The van der Waals surface area contributed by atoms with Crippen molar-refractivity contribution in [2.45, 2.75) is 95.3 Å². The average Bonchev–Trinajstić information content (AvgIpc) is 3.16. The first-order valence-electron chi connectivity index (χ1n) is 12.1. The van der Waals surface area contributed by atoms with Gasteiger partial charge in [-0.15, -0.1) is 0 Å². The smallest absolute Gasteiger partial charge is 0.190 e. The SMILES string of the molecule is CC(C)C1=C2[C@H]3CC=C4[C@@H](O)[C@]5(O)COC6O[C@@H]([C@@H]4[C@@]6(O)[C@H]5O)[C@]3(C)CC[C@@]2(C)[C@@H](O)C1. The van der Waals surface area contributed by atoms with Crippen LogP contribution in [-0.2, 0) is 9.47 Å². The van der Waals surface area contributed by atoms with Crippen molar-refractivity contribution in [1.29, 1.82) is 0 Å². The molecule has 0 amide bonds. The van der Waals surface area contributed by atoms with Gasteiger partial charge in [0.15, 0.2) is 11.9 Å². The maximum Gasteiger partial charge on any atom is 0.190 e. The first kappa shape index (κ1) is 21.7. The van der Waals surface area contributed by atoms with Crippen LogP contribution in [0.15, 0.2) is 22.8 Å². The minimum absolute atomic E-state index is 0.0683. The Balaban J connectivity index is 1.55. The highest BCUT2D eigenvalue weighted by Gasteiger charge is 2.77. The van der Waals surface area contributed by atoms with Gasteiger partial charge in [0.1, 0.15) is 17.8 Å². The van der Waals surface area contributed by atoms with E-state index in [0.29, 0.717) is 24.3 Å². The highest BCUT2D eigenvalue weighted by atomic mass is 16.7. The molecule has 0 spiro atoms. The fourth-order valence-corrected chi connectivity index (χ4v) is 8.35. The summed E-state index contributed by atoms with van der Waals surface area (Å²) in [6.45, 7) is 8.41. The maximum absolute atomic E-state index is 11.7. The minimum Gasteiger partial charge on any atom is -0.392 e. The van der Waals surface area contributed by atoms with E-state index in [0.717, 1.165) is 12.8 Å². The van der Waals surface area contributed by atoms with E-state index in [4.69, 9.17) is 9.47 Å². The van der Waals surface area contributed by atoms with Crippen LogP contribution >= 0.6 is 0 Å². The molecule has 6 aliphatic rings. The van der Waals surface area contributed by atoms with Gasteiger partial charge < -0.3 is 35.0 Å². The van der Waals surface area contributed by atoms with Crippen LogP contribution in [0.4, 0.5) is 0 Å². The van der Waals surface area contributed by atoms with Crippen molar-refractivity contribution >= 4 is 0 Å². The second kappa shape index (κ2) is 6.25. The Hall–Kier alpha value is -0.800. The lowest BCUT2D eigenvalue weighted by atomic mass is 9.51. The number of hydrogen-bond acceptors (Lipinski definition) is 7. The Morgan fingerprint density at radius 2 is 1.81 bits per heavy atom. The molecule has 2 aliphatic heterocycles. The zero-order chi connectivity index (χ0) is 23.0. The molecule has 7 heteroatoms. The van der Waals surface area contributed by atoms with Crippen molar-refractivity contribution in [3.63, 3.8) is 0 Å². The quantitative estimate of drug-likeness (QED) is 0.380. The van der Waals surface area contributed by atoms with Crippen LogP contribution in [0.3, 0.4) is 0 Å². The molecular weight excluding hydrogens is 412 g/mol. The zero-order valence-electron chi connectivity index (χ0n) is 19.3. The minimum atomic E-state index is -1.97. The van der Waals surface area contributed by atoms with Gasteiger partial charge in [0.05, 0.1) is 18.8 Å². The lowest BCUT2D eigenvalue weighted by Gasteiger charge is -2.57. The third-order valence-electron chi connectivity index (χ3n) is 10.3. The van der Waals surface area contributed by atoms with Gasteiger partial charge in [-0.1, -0.05) is 44.9 Å². The summed E-state index contributed by atoms with van der Waals surface area (Å²) in [6.07, 6.45) is 0.0465. The highest BCUT2D eigenvalue weighted by Crippen LogP contribution is 2.68. The van der Waals surface area contributed by atoms with Gasteiger partial charge >= 0.3 is 0 Å². The van der Waals surface area contributed by atoms with Crippen molar-refractivity contribution in [2.75, 3.05) is 6.61 Å². The van der Waals surface area contributed by atoms with Crippen LogP contribution in [0.2, 0.25) is 0 Å². The highest BCUT2D eigenvalue weighted by molar-refractivity contribution is 5.43. The molecule has 4 fully saturated rings. The number of ether oxygens (including phenoxy) is 2. The fraction of sp³-hybridized carbons (Fsp3) is 0.840. The average molecular weight is 449 g/mol. The van der Waals surface area contributed by atoms with Crippen molar-refractivity contribution in [2.24, 2.45) is 28.6 Å². The van der Waals surface area contributed by atoms with Crippen LogP contribution < -0.4 is 0 Å². The Morgan fingerprint density at radius 3 is 2.50 bits per heavy atom. The molecule has 0 aromatic carbocycles. The van der Waals surface area contributed by atoms with Crippen LogP contribution in [0, 0.1) is 28.6 Å². The summed E-state index contributed by atoms with van der Waals surface area (Å²) >= 11 is 0. The summed E-state index contributed by atoms with van der Waals surface area (Å²) in [7, 11) is 0. The van der Waals surface area contributed by atoms with E-state index in [-0.39, 0.29) is 23.4 Å². The molecule has 6 rings (SSSR count). The van der Waals surface area contributed by atoms with Crippen LogP contribution in [0.25, 0.3) is 0 Å². The third-order valence-corrected chi connectivity index (χ3v) is 10.3. The maximum atomic E-state index is 11.7. The standard InChI is InChI=1S/C25H36O7/c1-11(2)13-9-15(26)23(4)8-7-22(3)14(16(13)23)6-5-12-17-19(22)32-21-25(17,30)20(28)24(29,10-31-21)18(12)27/h5,11,14-15,17-21,26-30H,6-10H2,1-4H3/t14-,15+,17-,18-,19+,20+,21?,22-,23+,24-,25-/m1/s1. The second-order valence-corrected chi connectivity index (χ2v) is 12.1. The molecule has 5 N–H and O–H groups in total. The largest absolute Gasteiger partial charge is 0.392 e. The summed E-state index contributed by atoms with van der Waals surface area (Å²) in [5, 5.41) is 56.1. The fourth-order valence-electron chi connectivity index (χ4n) is 8.35. The van der Waals surface area contributed by atoms with Crippen LogP contribution in [-0.4, -0.2) is 74.0 Å². The third kappa shape index (κ3) is 2.18. The number of aliphatic hydroxyl groups is 5. The molecule has 32 heavy (non-hydrogen) atoms. The number of rotatable bonds is 1. The predicted octanol–water partition coefficient (Wildman–Crippen LogP) is 1.03. The van der Waals surface area contributed by atoms with Gasteiger partial charge in [-0.25, -0.2) is 0 Å². The van der Waals surface area contributed by atoms with Gasteiger partial charge in [0.2, 0.25) is 0 Å². The number of fused-ring (bicyclic) bond motifs is 5. The zero-order valence-corrected chi connectivity index (χ0v) is 19.3. The van der Waals surface area contributed by atoms with Gasteiger partial charge in [-0.3, -0.25) is 0 Å². The Kier molecular flexibility index (Phi) is 4.24. The topological polar surface area (TPSA) is 120 Å². The molecule has 1 unspecified atom stereocenters. The lowest BCUT2D eigenvalue weighted by Crippen LogP contribution is -2.77. The number of aliphatic hydroxyl groups excluding tert-OH is 3. The molecule has 7 nitrogen and oxygen atoms in total. The molecular formula is C25H36O7. The van der Waals surface area contributed by atoms with Gasteiger partial charge in [-0.05, 0) is 43.1 Å². The van der Waals surface area contributed by atoms with E-state index in [1.165, 1.54) is 11.1 Å². The van der Waals surface area contributed by atoms with Crippen molar-refractivity contribution < 1.29 is 35.0 Å². The lowest BCUT2D eigenvalue weighted by molar-refractivity contribution is -0.341. The van der Waals surface area contributed by atoms with E-state index in [2.05, 4.69) is 27.7 Å². The normalized spacial score (nSPS) is 58.4. The van der Waals surface area contributed by atoms with Crippen LogP contribution in [0.5, 0.6) is 0 Å². The Labute approximate surface area is 188 Å². The molecule has 4 aliphatic carbocycles. The molecule has 2 saturated carbocycles. The Morgan fingerprint density at radius 1 is 1.09 bits per heavy atom. The molecule has 0 aromatic heterocycles. The molecule has 2 saturated heterocycles. The van der Waals surface area contributed by atoms with E-state index < -0.39 is 47.8 Å². The summed E-state index contributed by atoms with van der Waals surface area (Å²) in [6, 6.07) is 0. The monoisotopic (exact) mass is 448 g/mol. The van der Waals surface area contributed by atoms with Gasteiger partial charge in [0, 0.05) is 16.7 Å². The summed E-state index contributed by atoms with van der Waals surface area (Å²) in [5.74, 6) is -0.276. The number of allylic oxidation sites excluding steroid dienone is 1. The molecule has 178 valence electrons. The number of hydrogen-bond donors (Lipinski definition) is 5. The molecule has 0 aromatic rings. The van der Waals surface area contributed by atoms with Crippen molar-refractivity contribution in [3.8, 4) is 0 Å². The second-order valence-electron chi connectivity index (χ2n) is 12.1. The molecule has 11 atom stereocenters. The van der Waals surface area contributed by atoms with E-state index in [1.54, 1.807) is 0 Å². The summed E-state index contributed by atoms with van der Waals surface area (Å²) in [4.78, 5) is 0. The van der Waals surface area contributed by atoms with Gasteiger partial charge in [0.25, 0.3) is 0 Å². The summed E-state index contributed by atoms with van der Waals surface area (Å²) < 4.78 is 12.1. The first-order chi connectivity index (χ1) is 14.9. The van der Waals surface area contributed by atoms with Crippen molar-refractivity contribution in [1.82, 2.24) is 0 Å². The molecule has 2 heterocycles. The molecule has 0 radical (unpaired) electrons. The Bertz CT molecular complexity index is 927. The van der Waals surface area contributed by atoms with E-state index in [1.807, 2.05) is 6.08 Å². The van der Waals surface area contributed by atoms with E-state index >= 15 is 0 Å².